The molecule has 1 aromatic heterocycles. The van der Waals surface area contributed by atoms with Crippen molar-refractivity contribution >= 4 is 6.29 Å². The molecule has 214 valence electrons. The number of aldehydes is 1. The van der Waals surface area contributed by atoms with Crippen LogP contribution in [0.3, 0.4) is 0 Å². The van der Waals surface area contributed by atoms with E-state index in [-0.39, 0.29) is 18.1 Å². The van der Waals surface area contributed by atoms with Gasteiger partial charge in [0.25, 0.3) is 0 Å². The first kappa shape index (κ1) is 28.5. The lowest BCUT2D eigenvalue weighted by atomic mass is 9.76. The third-order valence-corrected chi connectivity index (χ3v) is 8.90. The Kier molecular flexibility index (Phi) is 8.45. The van der Waals surface area contributed by atoms with Crippen LogP contribution in [0.5, 0.6) is 5.88 Å². The van der Waals surface area contributed by atoms with Crippen LogP contribution < -0.4 is 15.4 Å². The summed E-state index contributed by atoms with van der Waals surface area (Å²) in [4.78, 5) is 12.4. The fourth-order valence-electron chi connectivity index (χ4n) is 6.84. The molecular formula is C33H44N4O3. The van der Waals surface area contributed by atoms with Crippen molar-refractivity contribution in [3.05, 3.63) is 70.8 Å². The minimum absolute atomic E-state index is 0.124. The Morgan fingerprint density at radius 1 is 1.15 bits per heavy atom. The Morgan fingerprint density at radius 2 is 1.88 bits per heavy atom. The lowest BCUT2D eigenvalue weighted by Gasteiger charge is -2.36. The van der Waals surface area contributed by atoms with E-state index in [9.17, 15) is 9.90 Å². The van der Waals surface area contributed by atoms with Gasteiger partial charge < -0.3 is 25.3 Å². The summed E-state index contributed by atoms with van der Waals surface area (Å²) >= 11 is 0. The van der Waals surface area contributed by atoms with Crippen molar-refractivity contribution in [2.45, 2.75) is 78.2 Å². The zero-order chi connectivity index (χ0) is 28.4. The highest BCUT2D eigenvalue weighted by Crippen LogP contribution is 2.46. The molecule has 6 atom stereocenters. The fourth-order valence-corrected chi connectivity index (χ4v) is 6.84. The maximum absolute atomic E-state index is 12.4. The third kappa shape index (κ3) is 5.73. The molecule has 4 N–H and O–H groups in total. The van der Waals surface area contributed by atoms with Crippen LogP contribution in [0.2, 0.25) is 0 Å². The number of hydrogen-bond donors (Lipinski definition) is 4. The van der Waals surface area contributed by atoms with Crippen LogP contribution in [0.1, 0.15) is 74.4 Å². The smallest absolute Gasteiger partial charge is 0.238 e. The summed E-state index contributed by atoms with van der Waals surface area (Å²) in [6.45, 7) is 11.6. The number of fused-ring (bicyclic) bond motifs is 2. The van der Waals surface area contributed by atoms with E-state index in [4.69, 9.17) is 9.84 Å². The van der Waals surface area contributed by atoms with Gasteiger partial charge in [-0.3, -0.25) is 5.10 Å². The lowest BCUT2D eigenvalue weighted by molar-refractivity contribution is -0.121. The molecule has 40 heavy (non-hydrogen) atoms. The van der Waals surface area contributed by atoms with E-state index in [1.807, 2.05) is 44.2 Å². The van der Waals surface area contributed by atoms with E-state index in [2.05, 4.69) is 54.7 Å². The van der Waals surface area contributed by atoms with E-state index in [0.29, 0.717) is 24.4 Å². The molecule has 3 aromatic rings. The number of rotatable bonds is 12. The second-order valence-corrected chi connectivity index (χ2v) is 12.4. The molecule has 2 aliphatic rings. The zero-order valence-corrected chi connectivity index (χ0v) is 24.4. The van der Waals surface area contributed by atoms with Crippen LogP contribution >= 0.6 is 0 Å². The second-order valence-electron chi connectivity index (χ2n) is 12.4. The molecule has 1 saturated heterocycles. The third-order valence-electron chi connectivity index (χ3n) is 8.90. The van der Waals surface area contributed by atoms with Gasteiger partial charge in [0, 0.05) is 30.1 Å². The van der Waals surface area contributed by atoms with Gasteiger partial charge in [0.15, 0.2) is 0 Å². The number of hydrogen-bond acceptors (Lipinski definition) is 6. The highest BCUT2D eigenvalue weighted by atomic mass is 16.5. The van der Waals surface area contributed by atoms with Crippen molar-refractivity contribution in [1.29, 1.82) is 0 Å². The molecule has 0 amide bonds. The second kappa shape index (κ2) is 11.9. The topological polar surface area (TPSA) is 99.3 Å². The van der Waals surface area contributed by atoms with Crippen molar-refractivity contribution in [1.82, 2.24) is 20.8 Å². The van der Waals surface area contributed by atoms with Crippen LogP contribution in [0.25, 0.3) is 11.3 Å². The van der Waals surface area contributed by atoms with E-state index in [1.54, 1.807) is 0 Å². The predicted molar refractivity (Wildman–Crippen MR) is 158 cm³/mol. The molecule has 0 radical (unpaired) electrons. The van der Waals surface area contributed by atoms with Crippen LogP contribution in [0.4, 0.5) is 0 Å². The number of ether oxygens (including phenoxy) is 1. The van der Waals surface area contributed by atoms with Gasteiger partial charge in [0.1, 0.15) is 12.4 Å². The number of aromatic amines is 1. The predicted octanol–water partition coefficient (Wildman–Crippen LogP) is 5.44. The summed E-state index contributed by atoms with van der Waals surface area (Å²) < 4.78 is 6.89. The Labute approximate surface area is 238 Å². The lowest BCUT2D eigenvalue weighted by Crippen LogP contribution is -2.46. The molecular weight excluding hydrogens is 500 g/mol. The normalized spacial score (nSPS) is 22.7. The van der Waals surface area contributed by atoms with Crippen LogP contribution in [0, 0.1) is 31.1 Å². The number of aliphatic hydroxyl groups is 1. The summed E-state index contributed by atoms with van der Waals surface area (Å²) in [5.74, 6) is 1.29. The average molecular weight is 545 g/mol. The molecule has 1 aliphatic heterocycles. The van der Waals surface area contributed by atoms with E-state index in [1.165, 1.54) is 11.1 Å². The van der Waals surface area contributed by atoms with Gasteiger partial charge in [-0.25, -0.2) is 0 Å². The number of aryl methyl sites for hydroxylation is 2. The summed E-state index contributed by atoms with van der Waals surface area (Å²) in [6, 6.07) is 16.4. The van der Waals surface area contributed by atoms with Crippen molar-refractivity contribution in [3.63, 3.8) is 0 Å². The highest BCUT2D eigenvalue weighted by molar-refractivity contribution is 5.68. The number of nitrogens with zero attached hydrogens (tertiary/aromatic N) is 1. The molecule has 0 spiro atoms. The van der Waals surface area contributed by atoms with Gasteiger partial charge in [0.2, 0.25) is 5.88 Å². The van der Waals surface area contributed by atoms with Crippen molar-refractivity contribution < 1.29 is 14.6 Å². The van der Waals surface area contributed by atoms with E-state index in [0.717, 1.165) is 54.5 Å². The molecule has 2 fully saturated rings. The first-order valence-electron chi connectivity index (χ1n) is 14.7. The average Bonchev–Trinajstić information content (AvgIpc) is 3.66. The van der Waals surface area contributed by atoms with Gasteiger partial charge in [0.05, 0.1) is 22.8 Å². The van der Waals surface area contributed by atoms with Crippen molar-refractivity contribution in [3.8, 4) is 17.1 Å². The monoisotopic (exact) mass is 544 g/mol. The number of H-pyrrole nitrogens is 1. The quantitative estimate of drug-likeness (QED) is 0.227. The van der Waals surface area contributed by atoms with Gasteiger partial charge in [-0.1, -0.05) is 54.4 Å². The van der Waals surface area contributed by atoms with Gasteiger partial charge in [-0.15, -0.1) is 5.10 Å². The molecule has 2 bridgehead atoms. The highest BCUT2D eigenvalue weighted by Gasteiger charge is 2.51. The largest absolute Gasteiger partial charge is 0.472 e. The minimum Gasteiger partial charge on any atom is -0.472 e. The maximum Gasteiger partial charge on any atom is 0.238 e. The van der Waals surface area contributed by atoms with Crippen molar-refractivity contribution in [2.24, 2.45) is 17.3 Å². The maximum atomic E-state index is 12.4. The molecule has 7 nitrogen and oxygen atoms in total. The first-order chi connectivity index (χ1) is 19.2. The zero-order valence-electron chi connectivity index (χ0n) is 24.4. The van der Waals surface area contributed by atoms with Gasteiger partial charge in [-0.2, -0.15) is 0 Å². The number of benzene rings is 2. The number of carbonyl (C=O) groups is 1. The van der Waals surface area contributed by atoms with Gasteiger partial charge in [-0.05, 0) is 77.1 Å². The Balaban J connectivity index is 1.52. The Hall–Kier alpha value is -3.00. The van der Waals surface area contributed by atoms with Crippen molar-refractivity contribution in [2.75, 3.05) is 13.1 Å². The SMILES string of the molecule is CC[C@H](NC[C@@H](O)c1ccccc1)c1c(O[C@@H]([C@H]2[C@@H]3CC[C@@H]2NC3)C(C)(C)C=O)n[nH]c1-c1cc(C)cc(C)c1. The summed E-state index contributed by atoms with van der Waals surface area (Å²) in [6.07, 6.45) is 3.14. The molecule has 0 unspecified atom stereocenters. The number of carbonyl (C=O) groups excluding carboxylic acids is 1. The molecule has 2 aromatic carbocycles. The summed E-state index contributed by atoms with van der Waals surface area (Å²) in [7, 11) is 0. The Morgan fingerprint density at radius 3 is 2.45 bits per heavy atom. The van der Waals surface area contributed by atoms with Gasteiger partial charge >= 0.3 is 0 Å². The fraction of sp³-hybridized carbons (Fsp3) is 0.515. The standard InChI is InChI=1S/C33H44N4O3/c1-6-25(35-18-27(39)22-10-8-7-9-11-22)29-30(24-15-20(2)14-21(3)16-24)36-37-32(29)40-31(33(4,5)19-38)28-23-12-13-26(28)34-17-23/h7-11,14-16,19,23,25-28,31,34-35,39H,6,12-13,17-18H2,1-5H3,(H,36,37)/t23-,25+,26+,27-,28+,31+/m1/s1. The molecule has 1 aliphatic carbocycles. The van der Waals surface area contributed by atoms with E-state index < -0.39 is 11.5 Å². The van der Waals surface area contributed by atoms with Crippen LogP contribution in [-0.4, -0.2) is 46.8 Å². The molecule has 1 saturated carbocycles. The Bertz CT molecular complexity index is 1260. The van der Waals surface area contributed by atoms with Crippen LogP contribution in [-0.2, 0) is 4.79 Å². The molecule has 2 heterocycles. The first-order valence-corrected chi connectivity index (χ1v) is 14.7. The number of nitrogens with one attached hydrogen (secondary N) is 3. The number of aromatic nitrogens is 2. The summed E-state index contributed by atoms with van der Waals surface area (Å²) in [5.41, 5.74) is 5.45. The molecule has 7 heteroatoms. The molecule has 5 rings (SSSR count). The number of aliphatic hydroxyl groups excluding tert-OH is 1. The van der Waals surface area contributed by atoms with E-state index >= 15 is 0 Å². The van der Waals surface area contributed by atoms with Crippen LogP contribution in [0.15, 0.2) is 48.5 Å². The summed E-state index contributed by atoms with van der Waals surface area (Å²) in [5, 5.41) is 26.2. The minimum atomic E-state index is -0.674. The number of piperidine rings is 1.